The van der Waals surface area contributed by atoms with Gasteiger partial charge < -0.3 is 10.6 Å². The van der Waals surface area contributed by atoms with Crippen LogP contribution < -0.4 is 10.6 Å². The van der Waals surface area contributed by atoms with Crippen molar-refractivity contribution in [3.63, 3.8) is 0 Å². The number of anilines is 1. The smallest absolute Gasteiger partial charge is 0.282 e. The maximum absolute atomic E-state index is 13.0. The van der Waals surface area contributed by atoms with Gasteiger partial charge in [-0.3, -0.25) is 4.79 Å². The lowest BCUT2D eigenvalue weighted by Crippen LogP contribution is -2.97. The third kappa shape index (κ3) is 4.20. The average Bonchev–Trinajstić information content (AvgIpc) is 2.46. The van der Waals surface area contributed by atoms with Gasteiger partial charge in [-0.15, -0.1) is 0 Å². The zero-order chi connectivity index (χ0) is 16.3. The van der Waals surface area contributed by atoms with Crippen LogP contribution in [0.1, 0.15) is 40.0 Å². The van der Waals surface area contributed by atoms with E-state index in [0.29, 0.717) is 23.6 Å². The van der Waals surface area contributed by atoms with Crippen LogP contribution in [0.25, 0.3) is 0 Å². The van der Waals surface area contributed by atoms with Crippen molar-refractivity contribution in [3.05, 3.63) is 29.0 Å². The van der Waals surface area contributed by atoms with Crippen molar-refractivity contribution < 1.29 is 14.5 Å². The van der Waals surface area contributed by atoms with E-state index in [1.807, 2.05) is 6.92 Å². The molecule has 2 rings (SSSR count). The van der Waals surface area contributed by atoms with Crippen LogP contribution in [-0.2, 0) is 4.79 Å². The number of nitrogens with two attached hydrogens (primary N) is 1. The van der Waals surface area contributed by atoms with E-state index >= 15 is 0 Å². The zero-order valence-corrected chi connectivity index (χ0v) is 14.2. The Bertz CT molecular complexity index is 537. The highest BCUT2D eigenvalue weighted by atomic mass is 35.5. The third-order valence-corrected chi connectivity index (χ3v) is 5.22. The van der Waals surface area contributed by atoms with E-state index in [2.05, 4.69) is 24.5 Å². The van der Waals surface area contributed by atoms with Gasteiger partial charge in [-0.2, -0.15) is 0 Å². The molecule has 0 aliphatic heterocycles. The first-order chi connectivity index (χ1) is 10.4. The van der Waals surface area contributed by atoms with Crippen LogP contribution in [0.2, 0.25) is 5.02 Å². The fraction of sp³-hybridized carbons (Fsp3) is 0.588. The molecule has 22 heavy (non-hydrogen) atoms. The van der Waals surface area contributed by atoms with Crippen molar-refractivity contribution in [3.8, 4) is 0 Å². The lowest BCUT2D eigenvalue weighted by Gasteiger charge is -2.33. The zero-order valence-electron chi connectivity index (χ0n) is 13.4. The molecular formula is C17H25ClFN2O+. The van der Waals surface area contributed by atoms with Crippen LogP contribution in [0, 0.1) is 17.7 Å². The van der Waals surface area contributed by atoms with Crippen molar-refractivity contribution in [1.82, 2.24) is 0 Å². The Hall–Kier alpha value is -1.13. The van der Waals surface area contributed by atoms with Crippen LogP contribution in [0.5, 0.6) is 0 Å². The van der Waals surface area contributed by atoms with Gasteiger partial charge in [0.05, 0.1) is 16.8 Å². The number of benzene rings is 1. The molecule has 1 amide bonds. The van der Waals surface area contributed by atoms with E-state index in [1.54, 1.807) is 0 Å². The predicted octanol–water partition coefficient (Wildman–Crippen LogP) is 3.19. The van der Waals surface area contributed by atoms with Gasteiger partial charge >= 0.3 is 0 Å². The monoisotopic (exact) mass is 327 g/mol. The van der Waals surface area contributed by atoms with Gasteiger partial charge in [0.2, 0.25) is 0 Å². The molecule has 0 unspecified atom stereocenters. The number of amides is 1. The van der Waals surface area contributed by atoms with Gasteiger partial charge in [-0.25, -0.2) is 4.39 Å². The van der Waals surface area contributed by atoms with Crippen molar-refractivity contribution >= 4 is 23.2 Å². The standard InChI is InChI=1S/C17H24ClFN2O/c1-10-5-4-6-15(11(10)2)20-12(3)17(22)21-16-8-7-13(19)9-14(16)18/h7-12,15,20H,4-6H2,1-3H3,(H,21,22)/p+1/t10-,11+,12-,15-/m0/s1. The van der Waals surface area contributed by atoms with Crippen molar-refractivity contribution in [2.45, 2.75) is 52.1 Å². The van der Waals surface area contributed by atoms with Gasteiger partial charge in [0, 0.05) is 5.92 Å². The van der Waals surface area contributed by atoms with E-state index in [-0.39, 0.29) is 17.0 Å². The summed E-state index contributed by atoms with van der Waals surface area (Å²) >= 11 is 5.95. The van der Waals surface area contributed by atoms with E-state index in [0.717, 1.165) is 6.42 Å². The number of hydrogen-bond acceptors (Lipinski definition) is 1. The summed E-state index contributed by atoms with van der Waals surface area (Å²) in [7, 11) is 0. The lowest BCUT2D eigenvalue weighted by atomic mass is 9.78. The van der Waals surface area contributed by atoms with Gasteiger partial charge in [0.15, 0.2) is 6.04 Å². The number of nitrogens with one attached hydrogen (secondary N) is 1. The fourth-order valence-corrected chi connectivity index (χ4v) is 3.40. The Morgan fingerprint density at radius 2 is 2.14 bits per heavy atom. The van der Waals surface area contributed by atoms with Crippen LogP contribution in [0.3, 0.4) is 0 Å². The Kier molecular flexibility index (Phi) is 5.81. The molecule has 1 aliphatic rings. The van der Waals surface area contributed by atoms with Crippen LogP contribution in [0.4, 0.5) is 10.1 Å². The van der Waals surface area contributed by atoms with Gasteiger partial charge in [-0.05, 0) is 50.3 Å². The van der Waals surface area contributed by atoms with Crippen LogP contribution >= 0.6 is 11.6 Å². The maximum atomic E-state index is 13.0. The number of hydrogen-bond donors (Lipinski definition) is 2. The van der Waals surface area contributed by atoms with E-state index in [9.17, 15) is 9.18 Å². The molecule has 0 radical (unpaired) electrons. The molecule has 1 saturated carbocycles. The minimum absolute atomic E-state index is 0.0982. The predicted molar refractivity (Wildman–Crippen MR) is 87.4 cm³/mol. The largest absolute Gasteiger partial charge is 0.334 e. The molecule has 1 aliphatic carbocycles. The van der Waals surface area contributed by atoms with E-state index in [1.165, 1.54) is 31.0 Å². The average molecular weight is 328 g/mol. The summed E-state index contributed by atoms with van der Waals surface area (Å²) in [6.07, 6.45) is 3.66. The second kappa shape index (κ2) is 7.42. The van der Waals surface area contributed by atoms with Crippen molar-refractivity contribution in [1.29, 1.82) is 0 Å². The first kappa shape index (κ1) is 17.2. The van der Waals surface area contributed by atoms with Crippen molar-refractivity contribution in [2.24, 2.45) is 11.8 Å². The summed E-state index contributed by atoms with van der Waals surface area (Å²) < 4.78 is 13.0. The summed E-state index contributed by atoms with van der Waals surface area (Å²) in [6, 6.07) is 4.28. The molecule has 3 nitrogen and oxygen atoms in total. The second-order valence-electron chi connectivity index (χ2n) is 6.53. The van der Waals surface area contributed by atoms with Gasteiger partial charge in [0.1, 0.15) is 5.82 Å². The number of halogens is 2. The molecule has 5 heteroatoms. The molecule has 0 spiro atoms. The molecule has 1 fully saturated rings. The summed E-state index contributed by atoms with van der Waals surface area (Å²) in [4.78, 5) is 12.3. The molecule has 0 bridgehead atoms. The molecule has 1 aromatic rings. The first-order valence-corrected chi connectivity index (χ1v) is 8.37. The Morgan fingerprint density at radius 1 is 1.41 bits per heavy atom. The molecule has 3 N–H and O–H groups in total. The minimum Gasteiger partial charge on any atom is -0.334 e. The highest BCUT2D eigenvalue weighted by Gasteiger charge is 2.32. The quantitative estimate of drug-likeness (QED) is 0.876. The summed E-state index contributed by atoms with van der Waals surface area (Å²) in [5.74, 6) is 0.807. The summed E-state index contributed by atoms with van der Waals surface area (Å²) in [6.45, 7) is 6.46. The highest BCUT2D eigenvalue weighted by molar-refractivity contribution is 6.33. The molecule has 0 heterocycles. The summed E-state index contributed by atoms with van der Waals surface area (Å²) in [5.41, 5.74) is 0.457. The number of rotatable bonds is 4. The van der Waals surface area contributed by atoms with Gasteiger partial charge in [-0.1, -0.05) is 25.4 Å². The van der Waals surface area contributed by atoms with Crippen LogP contribution in [0.15, 0.2) is 18.2 Å². The molecule has 0 aromatic heterocycles. The number of quaternary nitrogens is 1. The molecule has 1 aromatic carbocycles. The molecule has 4 atom stereocenters. The van der Waals surface area contributed by atoms with E-state index < -0.39 is 5.82 Å². The molecule has 0 saturated heterocycles. The van der Waals surface area contributed by atoms with Crippen LogP contribution in [-0.4, -0.2) is 18.0 Å². The maximum Gasteiger partial charge on any atom is 0.282 e. The number of carbonyl (C=O) groups is 1. The Labute approximate surface area is 136 Å². The number of carbonyl (C=O) groups excluding carboxylic acids is 1. The highest BCUT2D eigenvalue weighted by Crippen LogP contribution is 2.27. The third-order valence-electron chi connectivity index (χ3n) is 4.91. The SMILES string of the molecule is C[C@H]1[C@@H]([NH2+][C@@H](C)C(=O)Nc2ccc(F)cc2Cl)CCC[C@@H]1C. The topological polar surface area (TPSA) is 45.7 Å². The molecular weight excluding hydrogens is 303 g/mol. The Balaban J connectivity index is 1.94. The van der Waals surface area contributed by atoms with E-state index in [4.69, 9.17) is 11.6 Å². The minimum atomic E-state index is -0.410. The second-order valence-corrected chi connectivity index (χ2v) is 6.93. The van der Waals surface area contributed by atoms with Crippen molar-refractivity contribution in [2.75, 3.05) is 5.32 Å². The molecule has 122 valence electrons. The first-order valence-electron chi connectivity index (χ1n) is 7.99. The normalized spacial score (nSPS) is 26.5. The summed E-state index contributed by atoms with van der Waals surface area (Å²) in [5, 5.41) is 5.17. The fourth-order valence-electron chi connectivity index (χ4n) is 3.19. The Morgan fingerprint density at radius 3 is 2.82 bits per heavy atom. The lowest BCUT2D eigenvalue weighted by molar-refractivity contribution is -0.715. The van der Waals surface area contributed by atoms with Gasteiger partial charge in [0.25, 0.3) is 5.91 Å².